The lowest BCUT2D eigenvalue weighted by molar-refractivity contribution is 0.212. The zero-order valence-corrected chi connectivity index (χ0v) is 13.4. The first-order valence-electron chi connectivity index (χ1n) is 6.77. The molecule has 0 aliphatic heterocycles. The number of hydrogen-bond donors (Lipinski definition) is 2. The maximum atomic E-state index is 12.4. The summed E-state index contributed by atoms with van der Waals surface area (Å²) in [5, 5.41) is 0.364. The number of sulfonamides is 1. The minimum Gasteiger partial charge on any atom is -0.397 e. The van der Waals surface area contributed by atoms with E-state index in [0.29, 0.717) is 5.02 Å². The Kier molecular flexibility index (Phi) is 4.33. The molecule has 2 rings (SSSR count). The summed E-state index contributed by atoms with van der Waals surface area (Å²) in [5.41, 5.74) is 6.13. The van der Waals surface area contributed by atoms with Gasteiger partial charge in [-0.3, -0.25) is 0 Å². The third-order valence-corrected chi connectivity index (χ3v) is 5.67. The van der Waals surface area contributed by atoms with Crippen LogP contribution >= 0.6 is 11.6 Å². The molecule has 1 aromatic rings. The van der Waals surface area contributed by atoms with E-state index in [0.717, 1.165) is 25.7 Å². The quantitative estimate of drug-likeness (QED) is 0.841. The predicted molar refractivity (Wildman–Crippen MR) is 82.2 cm³/mol. The number of benzene rings is 1. The molecule has 4 nitrogen and oxygen atoms in total. The molecule has 0 heterocycles. The van der Waals surface area contributed by atoms with Gasteiger partial charge in [-0.05, 0) is 42.9 Å². The van der Waals surface area contributed by atoms with Gasteiger partial charge in [0.25, 0.3) is 0 Å². The van der Waals surface area contributed by atoms with Gasteiger partial charge in [0.2, 0.25) is 10.0 Å². The molecule has 1 aliphatic carbocycles. The Bertz CT molecular complexity index is 599. The molecule has 0 bridgehead atoms. The Labute approximate surface area is 125 Å². The fraction of sp³-hybridized carbons (Fsp3) is 0.571. The van der Waals surface area contributed by atoms with E-state index in [-0.39, 0.29) is 22.0 Å². The summed E-state index contributed by atoms with van der Waals surface area (Å²) < 4.78 is 27.5. The molecule has 1 unspecified atom stereocenters. The van der Waals surface area contributed by atoms with Crippen molar-refractivity contribution >= 4 is 27.3 Å². The lowest BCUT2D eigenvalue weighted by Gasteiger charge is -2.35. The van der Waals surface area contributed by atoms with Gasteiger partial charge >= 0.3 is 0 Å². The summed E-state index contributed by atoms with van der Waals surface area (Å²) in [6.45, 7) is 4.35. The van der Waals surface area contributed by atoms with Crippen LogP contribution in [0.5, 0.6) is 0 Å². The van der Waals surface area contributed by atoms with Crippen molar-refractivity contribution in [1.82, 2.24) is 4.72 Å². The van der Waals surface area contributed by atoms with E-state index in [1.54, 1.807) is 0 Å². The largest absolute Gasteiger partial charge is 0.397 e. The second-order valence-electron chi connectivity index (χ2n) is 6.26. The van der Waals surface area contributed by atoms with E-state index >= 15 is 0 Å². The van der Waals surface area contributed by atoms with Gasteiger partial charge in [0, 0.05) is 6.04 Å². The Balaban J connectivity index is 2.16. The van der Waals surface area contributed by atoms with Crippen molar-refractivity contribution in [3.05, 3.63) is 23.2 Å². The number of nitrogens with one attached hydrogen (secondary N) is 1. The van der Waals surface area contributed by atoms with E-state index in [1.165, 1.54) is 18.2 Å². The van der Waals surface area contributed by atoms with Gasteiger partial charge < -0.3 is 5.73 Å². The van der Waals surface area contributed by atoms with E-state index < -0.39 is 10.0 Å². The molecule has 0 aromatic heterocycles. The first-order chi connectivity index (χ1) is 9.20. The van der Waals surface area contributed by atoms with E-state index in [2.05, 4.69) is 18.6 Å². The third kappa shape index (κ3) is 3.65. The monoisotopic (exact) mass is 316 g/mol. The standard InChI is InChI=1S/C14H21ClN2O2S/c1-14(2)7-3-4-10(9-14)17-20(18,19)11-5-6-12(15)13(16)8-11/h5-6,8,10,17H,3-4,7,9,16H2,1-2H3. The lowest BCUT2D eigenvalue weighted by Crippen LogP contribution is -2.40. The van der Waals surface area contributed by atoms with Gasteiger partial charge in [-0.25, -0.2) is 13.1 Å². The van der Waals surface area contributed by atoms with E-state index in [1.807, 2.05) is 0 Å². The molecule has 0 amide bonds. The molecule has 112 valence electrons. The summed E-state index contributed by atoms with van der Waals surface area (Å²) in [4.78, 5) is 0.169. The highest BCUT2D eigenvalue weighted by molar-refractivity contribution is 7.89. The molecule has 0 radical (unpaired) electrons. The molecule has 1 saturated carbocycles. The van der Waals surface area contributed by atoms with Crippen LogP contribution < -0.4 is 10.5 Å². The van der Waals surface area contributed by atoms with Crippen molar-refractivity contribution in [1.29, 1.82) is 0 Å². The molecule has 6 heteroatoms. The molecule has 1 fully saturated rings. The molecule has 0 saturated heterocycles. The molecule has 20 heavy (non-hydrogen) atoms. The van der Waals surface area contributed by atoms with Gasteiger partial charge in [-0.1, -0.05) is 31.9 Å². The van der Waals surface area contributed by atoms with Gasteiger partial charge in [0.05, 0.1) is 15.6 Å². The fourth-order valence-corrected chi connectivity index (χ4v) is 4.20. The smallest absolute Gasteiger partial charge is 0.240 e. The summed E-state index contributed by atoms with van der Waals surface area (Å²) in [6, 6.07) is 4.38. The van der Waals surface area contributed by atoms with Crippen LogP contribution in [-0.4, -0.2) is 14.5 Å². The molecular formula is C14H21ClN2O2S. The average molecular weight is 317 g/mol. The number of halogens is 1. The van der Waals surface area contributed by atoms with E-state index in [4.69, 9.17) is 17.3 Å². The fourth-order valence-electron chi connectivity index (χ4n) is 2.78. The third-order valence-electron chi connectivity index (χ3n) is 3.80. The number of rotatable bonds is 3. The van der Waals surface area contributed by atoms with Crippen LogP contribution in [0.4, 0.5) is 5.69 Å². The Morgan fingerprint density at radius 3 is 2.70 bits per heavy atom. The van der Waals surface area contributed by atoms with Crippen molar-refractivity contribution in [3.63, 3.8) is 0 Å². The topological polar surface area (TPSA) is 72.2 Å². The number of hydrogen-bond acceptors (Lipinski definition) is 3. The zero-order valence-electron chi connectivity index (χ0n) is 11.8. The Hall–Kier alpha value is -0.780. The zero-order chi connectivity index (χ0) is 15.0. The number of nitrogen functional groups attached to an aromatic ring is 1. The second kappa shape index (κ2) is 5.54. The summed E-state index contributed by atoms with van der Waals surface area (Å²) in [5.74, 6) is 0. The maximum absolute atomic E-state index is 12.4. The van der Waals surface area contributed by atoms with Crippen molar-refractivity contribution in [2.75, 3.05) is 5.73 Å². The van der Waals surface area contributed by atoms with Crippen LogP contribution in [0.15, 0.2) is 23.1 Å². The van der Waals surface area contributed by atoms with Crippen molar-refractivity contribution in [2.24, 2.45) is 5.41 Å². The first kappa shape index (κ1) is 15.6. The highest BCUT2D eigenvalue weighted by atomic mass is 35.5. The second-order valence-corrected chi connectivity index (χ2v) is 8.38. The minimum absolute atomic E-state index is 0.0133. The van der Waals surface area contributed by atoms with Gasteiger partial charge in [0.15, 0.2) is 0 Å². The van der Waals surface area contributed by atoms with Gasteiger partial charge in [-0.15, -0.1) is 0 Å². The van der Waals surface area contributed by atoms with Crippen LogP contribution in [0.3, 0.4) is 0 Å². The summed E-state index contributed by atoms with van der Waals surface area (Å²) >= 11 is 5.82. The maximum Gasteiger partial charge on any atom is 0.240 e. The van der Waals surface area contributed by atoms with Crippen molar-refractivity contribution in [2.45, 2.75) is 50.5 Å². The minimum atomic E-state index is -3.54. The summed E-state index contributed by atoms with van der Waals surface area (Å²) in [7, 11) is -3.54. The van der Waals surface area contributed by atoms with E-state index in [9.17, 15) is 8.42 Å². The predicted octanol–water partition coefficient (Wildman–Crippen LogP) is 3.17. The molecule has 1 aliphatic rings. The van der Waals surface area contributed by atoms with Crippen LogP contribution in [-0.2, 0) is 10.0 Å². The van der Waals surface area contributed by atoms with Gasteiger partial charge in [0.1, 0.15) is 0 Å². The Morgan fingerprint density at radius 2 is 2.10 bits per heavy atom. The summed E-state index contributed by atoms with van der Waals surface area (Å²) in [6.07, 6.45) is 3.92. The molecule has 1 aromatic carbocycles. The van der Waals surface area contributed by atoms with Crippen LogP contribution in [0.25, 0.3) is 0 Å². The Morgan fingerprint density at radius 1 is 1.40 bits per heavy atom. The van der Waals surface area contributed by atoms with Crippen LogP contribution in [0.2, 0.25) is 5.02 Å². The average Bonchev–Trinajstić information content (AvgIpc) is 2.30. The molecular weight excluding hydrogens is 296 g/mol. The molecule has 1 atom stereocenters. The normalized spacial score (nSPS) is 22.6. The van der Waals surface area contributed by atoms with Gasteiger partial charge in [-0.2, -0.15) is 0 Å². The SMILES string of the molecule is CC1(C)CCCC(NS(=O)(=O)c2ccc(Cl)c(N)c2)C1. The number of anilines is 1. The van der Waals surface area contributed by atoms with Crippen molar-refractivity contribution < 1.29 is 8.42 Å². The van der Waals surface area contributed by atoms with Crippen molar-refractivity contribution in [3.8, 4) is 0 Å². The lowest BCUT2D eigenvalue weighted by atomic mass is 9.75. The number of nitrogens with two attached hydrogens (primary N) is 1. The highest BCUT2D eigenvalue weighted by Crippen LogP contribution is 2.35. The molecule has 0 spiro atoms. The van der Waals surface area contributed by atoms with Crippen LogP contribution in [0.1, 0.15) is 39.5 Å². The van der Waals surface area contributed by atoms with Crippen LogP contribution in [0, 0.1) is 5.41 Å². The first-order valence-corrected chi connectivity index (χ1v) is 8.63. The highest BCUT2D eigenvalue weighted by Gasteiger charge is 2.30. The molecule has 3 N–H and O–H groups in total.